The molecule has 0 bridgehead atoms. The van der Waals surface area contributed by atoms with Crippen LogP contribution < -0.4 is 9.47 Å². The van der Waals surface area contributed by atoms with Gasteiger partial charge in [0.25, 0.3) is 5.91 Å². The maximum Gasteiger partial charge on any atom is 0.260 e. The number of para-hydroxylation sites is 1. The van der Waals surface area contributed by atoms with Crippen LogP contribution in [-0.2, 0) is 11.2 Å². The summed E-state index contributed by atoms with van der Waals surface area (Å²) in [5, 5.41) is 0. The van der Waals surface area contributed by atoms with E-state index in [9.17, 15) is 4.79 Å². The van der Waals surface area contributed by atoms with E-state index in [0.717, 1.165) is 43.5 Å². The minimum absolute atomic E-state index is 0.0893. The molecule has 126 valence electrons. The topological polar surface area (TPSA) is 38.8 Å². The summed E-state index contributed by atoms with van der Waals surface area (Å²) in [7, 11) is 0. The van der Waals surface area contributed by atoms with Crippen LogP contribution in [0.3, 0.4) is 0 Å². The average molecular weight is 317 g/mol. The summed E-state index contributed by atoms with van der Waals surface area (Å²) in [4.78, 5) is 14.5. The number of piperidine rings is 1. The SMILES string of the molecule is CC[C@@H]1CCCCN1C(=O)COc1cccc2c1OC(C)(C)C2. The molecule has 1 aromatic carbocycles. The molecule has 1 atom stereocenters. The first-order chi connectivity index (χ1) is 11.0. The monoisotopic (exact) mass is 317 g/mol. The molecular weight excluding hydrogens is 290 g/mol. The van der Waals surface area contributed by atoms with Crippen LogP contribution in [0.5, 0.6) is 11.5 Å². The van der Waals surface area contributed by atoms with Crippen molar-refractivity contribution < 1.29 is 14.3 Å². The number of fused-ring (bicyclic) bond motifs is 1. The molecular formula is C19H27NO3. The molecule has 4 heteroatoms. The Morgan fingerprint density at radius 3 is 3.00 bits per heavy atom. The van der Waals surface area contributed by atoms with Crippen LogP contribution in [0.25, 0.3) is 0 Å². The van der Waals surface area contributed by atoms with Gasteiger partial charge in [0.15, 0.2) is 18.1 Å². The largest absolute Gasteiger partial charge is 0.483 e. The number of ether oxygens (including phenoxy) is 2. The molecule has 1 fully saturated rings. The van der Waals surface area contributed by atoms with Gasteiger partial charge in [0, 0.05) is 24.6 Å². The maximum absolute atomic E-state index is 12.5. The third-order valence-corrected chi connectivity index (χ3v) is 4.82. The number of benzene rings is 1. The molecule has 2 heterocycles. The van der Waals surface area contributed by atoms with Gasteiger partial charge in [-0.2, -0.15) is 0 Å². The molecule has 0 radical (unpaired) electrons. The number of amides is 1. The molecule has 1 saturated heterocycles. The van der Waals surface area contributed by atoms with Crippen molar-refractivity contribution in [2.24, 2.45) is 0 Å². The van der Waals surface area contributed by atoms with Gasteiger partial charge in [-0.15, -0.1) is 0 Å². The van der Waals surface area contributed by atoms with Crippen molar-refractivity contribution in [3.63, 3.8) is 0 Å². The Bertz CT molecular complexity index is 582. The van der Waals surface area contributed by atoms with Crippen LogP contribution in [0.4, 0.5) is 0 Å². The summed E-state index contributed by atoms with van der Waals surface area (Å²) in [6.07, 6.45) is 5.32. The van der Waals surface area contributed by atoms with Gasteiger partial charge in [0.2, 0.25) is 0 Å². The van der Waals surface area contributed by atoms with E-state index >= 15 is 0 Å². The van der Waals surface area contributed by atoms with E-state index in [-0.39, 0.29) is 18.1 Å². The van der Waals surface area contributed by atoms with Gasteiger partial charge < -0.3 is 14.4 Å². The molecule has 0 spiro atoms. The predicted molar refractivity (Wildman–Crippen MR) is 90.0 cm³/mol. The highest BCUT2D eigenvalue weighted by molar-refractivity contribution is 5.78. The van der Waals surface area contributed by atoms with Crippen LogP contribution in [0.15, 0.2) is 18.2 Å². The van der Waals surface area contributed by atoms with Crippen molar-refractivity contribution in [1.82, 2.24) is 4.90 Å². The average Bonchev–Trinajstić information content (AvgIpc) is 2.86. The lowest BCUT2D eigenvalue weighted by atomic mass is 10.00. The summed E-state index contributed by atoms with van der Waals surface area (Å²) >= 11 is 0. The van der Waals surface area contributed by atoms with Crippen LogP contribution in [0.1, 0.15) is 52.0 Å². The summed E-state index contributed by atoms with van der Waals surface area (Å²) < 4.78 is 11.8. The first-order valence-corrected chi connectivity index (χ1v) is 8.73. The minimum atomic E-state index is -0.202. The van der Waals surface area contributed by atoms with Crippen molar-refractivity contribution >= 4 is 5.91 Å². The Balaban J connectivity index is 1.65. The Morgan fingerprint density at radius 1 is 1.39 bits per heavy atom. The molecule has 0 aromatic heterocycles. The minimum Gasteiger partial charge on any atom is -0.483 e. The highest BCUT2D eigenvalue weighted by Crippen LogP contribution is 2.41. The summed E-state index contributed by atoms with van der Waals surface area (Å²) in [5.41, 5.74) is 0.954. The van der Waals surface area contributed by atoms with Crippen molar-refractivity contribution in [1.29, 1.82) is 0 Å². The second kappa shape index (κ2) is 6.42. The van der Waals surface area contributed by atoms with Crippen molar-refractivity contribution in [2.45, 2.75) is 64.5 Å². The fourth-order valence-corrected chi connectivity index (χ4v) is 3.68. The number of likely N-dealkylation sites (tertiary alicyclic amines) is 1. The highest BCUT2D eigenvalue weighted by Gasteiger charge is 2.32. The molecule has 2 aliphatic rings. The zero-order valence-corrected chi connectivity index (χ0v) is 14.4. The van der Waals surface area contributed by atoms with Gasteiger partial charge in [-0.3, -0.25) is 4.79 Å². The number of carbonyl (C=O) groups is 1. The van der Waals surface area contributed by atoms with Crippen LogP contribution in [0, 0.1) is 0 Å². The van der Waals surface area contributed by atoms with Crippen molar-refractivity contribution in [3.05, 3.63) is 23.8 Å². The van der Waals surface area contributed by atoms with Gasteiger partial charge >= 0.3 is 0 Å². The highest BCUT2D eigenvalue weighted by atomic mass is 16.5. The van der Waals surface area contributed by atoms with E-state index in [2.05, 4.69) is 26.8 Å². The third kappa shape index (κ3) is 3.46. The predicted octanol–water partition coefficient (Wildman–Crippen LogP) is 3.57. The van der Waals surface area contributed by atoms with E-state index < -0.39 is 0 Å². The number of carbonyl (C=O) groups excluding carboxylic acids is 1. The maximum atomic E-state index is 12.5. The lowest BCUT2D eigenvalue weighted by molar-refractivity contribution is -0.137. The van der Waals surface area contributed by atoms with E-state index in [0.29, 0.717) is 11.8 Å². The fraction of sp³-hybridized carbons (Fsp3) is 0.632. The standard InChI is InChI=1S/C19H27NO3/c1-4-15-9-5-6-11-20(15)17(21)13-22-16-10-7-8-14-12-19(2,3)23-18(14)16/h7-8,10,15H,4-6,9,11-13H2,1-3H3/t15-/m1/s1. The Labute approximate surface area is 138 Å². The molecule has 0 N–H and O–H groups in total. The number of hydrogen-bond acceptors (Lipinski definition) is 3. The van der Waals surface area contributed by atoms with Crippen molar-refractivity contribution in [2.75, 3.05) is 13.2 Å². The van der Waals surface area contributed by atoms with E-state index in [4.69, 9.17) is 9.47 Å². The fourth-order valence-electron chi connectivity index (χ4n) is 3.68. The lowest BCUT2D eigenvalue weighted by Gasteiger charge is -2.35. The van der Waals surface area contributed by atoms with Gasteiger partial charge in [-0.1, -0.05) is 19.1 Å². The molecule has 1 amide bonds. The smallest absolute Gasteiger partial charge is 0.260 e. The lowest BCUT2D eigenvalue weighted by Crippen LogP contribution is -2.45. The normalized spacial score (nSPS) is 22.4. The van der Waals surface area contributed by atoms with Gasteiger partial charge in [-0.05, 0) is 45.6 Å². The van der Waals surface area contributed by atoms with Gasteiger partial charge in [0.05, 0.1) is 0 Å². The first kappa shape index (κ1) is 16.2. The zero-order chi connectivity index (χ0) is 16.4. The molecule has 3 rings (SSSR count). The Morgan fingerprint density at radius 2 is 2.22 bits per heavy atom. The molecule has 0 saturated carbocycles. The van der Waals surface area contributed by atoms with Crippen LogP contribution >= 0.6 is 0 Å². The molecule has 2 aliphatic heterocycles. The second-order valence-corrected chi connectivity index (χ2v) is 7.22. The Kier molecular flexibility index (Phi) is 4.51. The molecule has 23 heavy (non-hydrogen) atoms. The molecule has 0 unspecified atom stereocenters. The number of hydrogen-bond donors (Lipinski definition) is 0. The number of rotatable bonds is 4. The van der Waals surface area contributed by atoms with Crippen molar-refractivity contribution in [3.8, 4) is 11.5 Å². The second-order valence-electron chi connectivity index (χ2n) is 7.22. The Hall–Kier alpha value is -1.71. The van der Waals surface area contributed by atoms with E-state index in [1.165, 1.54) is 6.42 Å². The zero-order valence-electron chi connectivity index (χ0n) is 14.4. The van der Waals surface area contributed by atoms with Gasteiger partial charge in [0.1, 0.15) is 5.60 Å². The van der Waals surface area contributed by atoms with E-state index in [1.807, 2.05) is 17.0 Å². The molecule has 1 aromatic rings. The number of nitrogens with zero attached hydrogens (tertiary/aromatic N) is 1. The first-order valence-electron chi connectivity index (χ1n) is 8.73. The molecule has 0 aliphatic carbocycles. The summed E-state index contributed by atoms with van der Waals surface area (Å²) in [6, 6.07) is 6.30. The van der Waals surface area contributed by atoms with Crippen LogP contribution in [0.2, 0.25) is 0 Å². The van der Waals surface area contributed by atoms with Gasteiger partial charge in [-0.25, -0.2) is 0 Å². The molecule has 4 nitrogen and oxygen atoms in total. The summed E-state index contributed by atoms with van der Waals surface area (Å²) in [5.74, 6) is 1.58. The van der Waals surface area contributed by atoms with Crippen LogP contribution in [-0.4, -0.2) is 35.6 Å². The quantitative estimate of drug-likeness (QED) is 0.852. The van der Waals surface area contributed by atoms with E-state index in [1.54, 1.807) is 0 Å². The summed E-state index contributed by atoms with van der Waals surface area (Å²) in [6.45, 7) is 7.24. The third-order valence-electron chi connectivity index (χ3n) is 4.82.